The summed E-state index contributed by atoms with van der Waals surface area (Å²) in [5.41, 5.74) is 6.90. The maximum atomic E-state index is 13.5. The molecule has 2 aromatic rings. The van der Waals surface area contributed by atoms with Crippen molar-refractivity contribution in [2.24, 2.45) is 0 Å². The summed E-state index contributed by atoms with van der Waals surface area (Å²) in [6, 6.07) is 9.70. The maximum Gasteiger partial charge on any atom is 0.387 e. The first-order valence-corrected chi connectivity index (χ1v) is 6.56. The zero-order chi connectivity index (χ0) is 14.7. The van der Waals surface area contributed by atoms with Crippen LogP contribution in [0.3, 0.4) is 0 Å². The summed E-state index contributed by atoms with van der Waals surface area (Å²) in [7, 11) is 0. The number of nitrogens with two attached hydrogens (primary N) is 1. The summed E-state index contributed by atoms with van der Waals surface area (Å²) in [6.07, 6.45) is 0. The van der Waals surface area contributed by atoms with Gasteiger partial charge in [0.2, 0.25) is 0 Å². The molecule has 2 aromatic carbocycles. The second-order valence-corrected chi connectivity index (χ2v) is 5.15. The van der Waals surface area contributed by atoms with Crippen LogP contribution in [0.15, 0.2) is 46.2 Å². The van der Waals surface area contributed by atoms with Crippen molar-refractivity contribution in [2.45, 2.75) is 23.3 Å². The minimum atomic E-state index is -3.08. The Morgan fingerprint density at radius 2 is 1.85 bits per heavy atom. The molecule has 0 aliphatic rings. The molecule has 0 aliphatic carbocycles. The molecule has 0 atom stereocenters. The number of rotatable bonds is 4. The standard InChI is InChI=1S/C14H12F3NOS/c1-8-4-2-3-5-12(8)20-13-7-11(19-14(16)17)9(15)6-10(13)18/h2-7,14H,18H2,1H3. The van der Waals surface area contributed by atoms with E-state index in [0.29, 0.717) is 4.90 Å². The van der Waals surface area contributed by atoms with Gasteiger partial charge >= 0.3 is 6.61 Å². The second-order valence-electron chi connectivity index (χ2n) is 4.07. The van der Waals surface area contributed by atoms with E-state index in [1.54, 1.807) is 0 Å². The maximum absolute atomic E-state index is 13.5. The number of ether oxygens (including phenoxy) is 1. The highest BCUT2D eigenvalue weighted by molar-refractivity contribution is 7.99. The average Bonchev–Trinajstić information content (AvgIpc) is 2.37. The summed E-state index contributed by atoms with van der Waals surface area (Å²) in [5.74, 6) is -1.41. The highest BCUT2D eigenvalue weighted by Crippen LogP contribution is 2.37. The van der Waals surface area contributed by atoms with E-state index in [0.717, 1.165) is 16.5 Å². The molecule has 2 N–H and O–H groups in total. The summed E-state index contributed by atoms with van der Waals surface area (Å²) in [5, 5.41) is 0. The predicted octanol–water partition coefficient (Wildman–Crippen LogP) is 4.47. The van der Waals surface area contributed by atoms with Crippen LogP contribution in [-0.2, 0) is 0 Å². The Morgan fingerprint density at radius 3 is 2.50 bits per heavy atom. The topological polar surface area (TPSA) is 35.2 Å². The molecular weight excluding hydrogens is 287 g/mol. The fourth-order valence-electron chi connectivity index (χ4n) is 1.61. The molecule has 0 radical (unpaired) electrons. The van der Waals surface area contributed by atoms with Crippen LogP contribution in [-0.4, -0.2) is 6.61 Å². The molecular formula is C14H12F3NOS. The van der Waals surface area contributed by atoms with Gasteiger partial charge in [0.25, 0.3) is 0 Å². The number of hydrogen-bond donors (Lipinski definition) is 1. The molecule has 106 valence electrons. The van der Waals surface area contributed by atoms with Crippen LogP contribution in [0.5, 0.6) is 5.75 Å². The number of anilines is 1. The van der Waals surface area contributed by atoms with Crippen LogP contribution in [0.1, 0.15) is 5.56 Å². The van der Waals surface area contributed by atoms with Crippen molar-refractivity contribution < 1.29 is 17.9 Å². The summed E-state index contributed by atoms with van der Waals surface area (Å²) in [4.78, 5) is 1.38. The van der Waals surface area contributed by atoms with Gasteiger partial charge in [-0.3, -0.25) is 0 Å². The van der Waals surface area contributed by atoms with E-state index in [4.69, 9.17) is 5.73 Å². The third-order valence-corrected chi connectivity index (χ3v) is 3.85. The molecule has 0 aromatic heterocycles. The van der Waals surface area contributed by atoms with E-state index < -0.39 is 18.2 Å². The van der Waals surface area contributed by atoms with E-state index >= 15 is 0 Å². The smallest absolute Gasteiger partial charge is 0.387 e. The van der Waals surface area contributed by atoms with Crippen LogP contribution in [0.4, 0.5) is 18.9 Å². The van der Waals surface area contributed by atoms with Crippen LogP contribution in [0, 0.1) is 12.7 Å². The molecule has 2 nitrogen and oxygen atoms in total. The van der Waals surface area contributed by atoms with Crippen LogP contribution < -0.4 is 10.5 Å². The van der Waals surface area contributed by atoms with Crippen molar-refractivity contribution in [1.29, 1.82) is 0 Å². The molecule has 6 heteroatoms. The van der Waals surface area contributed by atoms with Crippen molar-refractivity contribution in [3.63, 3.8) is 0 Å². The van der Waals surface area contributed by atoms with Gasteiger partial charge in [-0.1, -0.05) is 30.0 Å². The Morgan fingerprint density at radius 1 is 1.15 bits per heavy atom. The third-order valence-electron chi connectivity index (χ3n) is 2.59. The zero-order valence-corrected chi connectivity index (χ0v) is 11.4. The van der Waals surface area contributed by atoms with Gasteiger partial charge in [-0.2, -0.15) is 8.78 Å². The molecule has 0 saturated carbocycles. The number of nitrogen functional groups attached to an aromatic ring is 1. The SMILES string of the molecule is Cc1ccccc1Sc1cc(OC(F)F)c(F)cc1N. The number of halogens is 3. The van der Waals surface area contributed by atoms with E-state index in [9.17, 15) is 13.2 Å². The Hall–Kier alpha value is -1.82. The largest absolute Gasteiger partial charge is 0.432 e. The van der Waals surface area contributed by atoms with E-state index in [2.05, 4.69) is 4.74 Å². The van der Waals surface area contributed by atoms with E-state index in [1.807, 2.05) is 31.2 Å². The van der Waals surface area contributed by atoms with Gasteiger partial charge in [0.1, 0.15) is 0 Å². The second kappa shape index (κ2) is 6.09. The van der Waals surface area contributed by atoms with Crippen molar-refractivity contribution in [1.82, 2.24) is 0 Å². The molecule has 0 bridgehead atoms. The lowest BCUT2D eigenvalue weighted by molar-refractivity contribution is -0.0523. The first kappa shape index (κ1) is 14.6. The van der Waals surface area contributed by atoms with Gasteiger partial charge < -0.3 is 10.5 Å². The number of aryl methyl sites for hydroxylation is 1. The molecule has 0 heterocycles. The fraction of sp³-hybridized carbons (Fsp3) is 0.143. The lowest BCUT2D eigenvalue weighted by Gasteiger charge is -2.11. The Labute approximate surface area is 118 Å². The fourth-order valence-corrected chi connectivity index (χ4v) is 2.57. The predicted molar refractivity (Wildman–Crippen MR) is 72.7 cm³/mol. The van der Waals surface area contributed by atoms with Gasteiger partial charge in [-0.25, -0.2) is 4.39 Å². The van der Waals surface area contributed by atoms with Crippen LogP contribution in [0.25, 0.3) is 0 Å². The quantitative estimate of drug-likeness (QED) is 0.846. The normalized spacial score (nSPS) is 10.8. The first-order valence-electron chi connectivity index (χ1n) is 5.74. The highest BCUT2D eigenvalue weighted by Gasteiger charge is 2.14. The molecule has 0 amide bonds. The Kier molecular flexibility index (Phi) is 4.44. The minimum Gasteiger partial charge on any atom is -0.432 e. The summed E-state index contributed by atoms with van der Waals surface area (Å²) < 4.78 is 42.0. The molecule has 0 spiro atoms. The lowest BCUT2D eigenvalue weighted by Crippen LogP contribution is -2.04. The molecule has 0 fully saturated rings. The average molecular weight is 299 g/mol. The van der Waals surface area contributed by atoms with Crippen LogP contribution >= 0.6 is 11.8 Å². The molecule has 0 saturated heterocycles. The number of hydrogen-bond acceptors (Lipinski definition) is 3. The number of alkyl halides is 2. The van der Waals surface area contributed by atoms with E-state index in [1.165, 1.54) is 17.8 Å². The van der Waals surface area contributed by atoms with Gasteiger partial charge in [0.05, 0.1) is 0 Å². The third kappa shape index (κ3) is 3.39. The van der Waals surface area contributed by atoms with Gasteiger partial charge in [0, 0.05) is 21.5 Å². The first-order chi connectivity index (χ1) is 9.47. The molecule has 2 rings (SSSR count). The van der Waals surface area contributed by atoms with Crippen molar-refractivity contribution in [2.75, 3.05) is 5.73 Å². The lowest BCUT2D eigenvalue weighted by atomic mass is 10.2. The number of benzene rings is 2. The molecule has 0 aliphatic heterocycles. The van der Waals surface area contributed by atoms with Crippen LogP contribution in [0.2, 0.25) is 0 Å². The Bertz CT molecular complexity index is 619. The van der Waals surface area contributed by atoms with Gasteiger partial charge in [-0.15, -0.1) is 0 Å². The van der Waals surface area contributed by atoms with Gasteiger partial charge in [-0.05, 0) is 24.6 Å². The van der Waals surface area contributed by atoms with Crippen molar-refractivity contribution >= 4 is 17.4 Å². The molecule has 0 unspecified atom stereocenters. The monoisotopic (exact) mass is 299 g/mol. The molecule has 20 heavy (non-hydrogen) atoms. The van der Waals surface area contributed by atoms with Crippen molar-refractivity contribution in [3.8, 4) is 5.75 Å². The van der Waals surface area contributed by atoms with Crippen molar-refractivity contribution in [3.05, 3.63) is 47.8 Å². The highest BCUT2D eigenvalue weighted by atomic mass is 32.2. The van der Waals surface area contributed by atoms with Gasteiger partial charge in [0.15, 0.2) is 11.6 Å². The summed E-state index contributed by atoms with van der Waals surface area (Å²) in [6.45, 7) is -1.16. The Balaban J connectivity index is 2.34. The summed E-state index contributed by atoms with van der Waals surface area (Å²) >= 11 is 1.27. The minimum absolute atomic E-state index is 0.178. The van der Waals surface area contributed by atoms with E-state index in [-0.39, 0.29) is 5.69 Å². The zero-order valence-electron chi connectivity index (χ0n) is 10.6.